The van der Waals surface area contributed by atoms with E-state index < -0.39 is 0 Å². The highest BCUT2D eigenvalue weighted by atomic mass is 32.1. The number of aromatic nitrogens is 2. The smallest absolute Gasteiger partial charge is 0.231 e. The standard InChI is InChI=1S/C20H21N3O2S/c24-19-12-16(14-23(19)10-4-8-15-6-2-1-3-7-15)20-21-18(25-22-20)13-17-9-5-11-26-17/h1-3,5-7,9,11,16H,4,8,10,12-14H2. The summed E-state index contributed by atoms with van der Waals surface area (Å²) in [4.78, 5) is 20.0. The Bertz CT molecular complexity index is 845. The lowest BCUT2D eigenvalue weighted by Gasteiger charge is -2.15. The van der Waals surface area contributed by atoms with E-state index in [4.69, 9.17) is 4.52 Å². The lowest BCUT2D eigenvalue weighted by Crippen LogP contribution is -2.26. The predicted molar refractivity (Wildman–Crippen MR) is 100 cm³/mol. The Morgan fingerprint density at radius 1 is 1.19 bits per heavy atom. The second-order valence-electron chi connectivity index (χ2n) is 6.63. The van der Waals surface area contributed by atoms with Crippen molar-refractivity contribution in [3.8, 4) is 0 Å². The van der Waals surface area contributed by atoms with Crippen LogP contribution in [-0.2, 0) is 17.6 Å². The van der Waals surface area contributed by atoms with Crippen molar-refractivity contribution in [3.05, 3.63) is 70.0 Å². The van der Waals surface area contributed by atoms with Crippen LogP contribution in [0.25, 0.3) is 0 Å². The number of nitrogens with zero attached hydrogens (tertiary/aromatic N) is 3. The molecule has 1 aliphatic heterocycles. The molecular formula is C20H21N3O2S. The fraction of sp³-hybridized carbons (Fsp3) is 0.350. The van der Waals surface area contributed by atoms with Crippen LogP contribution in [0.1, 0.15) is 40.9 Å². The third-order valence-electron chi connectivity index (χ3n) is 4.71. The van der Waals surface area contributed by atoms with Gasteiger partial charge in [0, 0.05) is 30.3 Å². The normalized spacial score (nSPS) is 17.2. The van der Waals surface area contributed by atoms with Gasteiger partial charge < -0.3 is 9.42 Å². The average Bonchev–Trinajstić information content (AvgIpc) is 3.39. The van der Waals surface area contributed by atoms with E-state index in [-0.39, 0.29) is 11.8 Å². The van der Waals surface area contributed by atoms with Gasteiger partial charge in [0.1, 0.15) is 0 Å². The number of aryl methyl sites for hydroxylation is 1. The summed E-state index contributed by atoms with van der Waals surface area (Å²) in [5.74, 6) is 1.51. The second-order valence-corrected chi connectivity index (χ2v) is 7.66. The second kappa shape index (κ2) is 7.83. The predicted octanol–water partition coefficient (Wildman–Crippen LogP) is 3.67. The van der Waals surface area contributed by atoms with Gasteiger partial charge >= 0.3 is 0 Å². The number of rotatable bonds is 7. The van der Waals surface area contributed by atoms with Gasteiger partial charge in [-0.15, -0.1) is 11.3 Å². The highest BCUT2D eigenvalue weighted by molar-refractivity contribution is 7.09. The third-order valence-corrected chi connectivity index (χ3v) is 5.58. The van der Waals surface area contributed by atoms with Gasteiger partial charge in [-0.2, -0.15) is 4.98 Å². The van der Waals surface area contributed by atoms with Gasteiger partial charge in [-0.1, -0.05) is 41.6 Å². The number of carbonyl (C=O) groups excluding carboxylic acids is 1. The maximum Gasteiger partial charge on any atom is 0.231 e. The minimum Gasteiger partial charge on any atom is -0.342 e. The number of hydrogen-bond donors (Lipinski definition) is 0. The highest BCUT2D eigenvalue weighted by Gasteiger charge is 2.33. The molecule has 0 N–H and O–H groups in total. The molecule has 4 rings (SSSR count). The lowest BCUT2D eigenvalue weighted by atomic mass is 10.1. The molecule has 1 aromatic carbocycles. The molecule has 3 heterocycles. The molecule has 26 heavy (non-hydrogen) atoms. The molecule has 0 bridgehead atoms. The van der Waals surface area contributed by atoms with Gasteiger partial charge in [0.15, 0.2) is 5.82 Å². The van der Waals surface area contributed by atoms with E-state index in [2.05, 4.69) is 40.5 Å². The minimum absolute atomic E-state index is 0.0417. The molecule has 1 unspecified atom stereocenters. The number of amides is 1. The summed E-state index contributed by atoms with van der Waals surface area (Å²) >= 11 is 1.68. The van der Waals surface area contributed by atoms with Gasteiger partial charge in [-0.05, 0) is 29.9 Å². The van der Waals surface area contributed by atoms with E-state index >= 15 is 0 Å². The summed E-state index contributed by atoms with van der Waals surface area (Å²) in [7, 11) is 0. The van der Waals surface area contributed by atoms with Crippen molar-refractivity contribution in [1.82, 2.24) is 15.0 Å². The number of thiophene rings is 1. The van der Waals surface area contributed by atoms with Crippen molar-refractivity contribution in [3.63, 3.8) is 0 Å². The molecule has 1 saturated heterocycles. The third kappa shape index (κ3) is 4.02. The first-order valence-electron chi connectivity index (χ1n) is 8.94. The summed E-state index contributed by atoms with van der Waals surface area (Å²) in [5.41, 5.74) is 1.31. The van der Waals surface area contributed by atoms with Crippen LogP contribution in [-0.4, -0.2) is 34.0 Å². The maximum absolute atomic E-state index is 12.3. The highest BCUT2D eigenvalue weighted by Crippen LogP contribution is 2.27. The molecule has 134 valence electrons. The average molecular weight is 367 g/mol. The van der Waals surface area contributed by atoms with Gasteiger partial charge in [-0.25, -0.2) is 0 Å². The van der Waals surface area contributed by atoms with E-state index in [1.54, 1.807) is 11.3 Å². The number of hydrogen-bond acceptors (Lipinski definition) is 5. The van der Waals surface area contributed by atoms with Crippen molar-refractivity contribution in [2.75, 3.05) is 13.1 Å². The Labute approximate surface area is 156 Å². The van der Waals surface area contributed by atoms with Crippen LogP contribution in [0.2, 0.25) is 0 Å². The minimum atomic E-state index is 0.0417. The molecule has 3 aromatic rings. The van der Waals surface area contributed by atoms with E-state index in [9.17, 15) is 4.79 Å². The van der Waals surface area contributed by atoms with Crippen LogP contribution in [0.3, 0.4) is 0 Å². The Hall–Kier alpha value is -2.47. The van der Waals surface area contributed by atoms with Crippen molar-refractivity contribution in [2.45, 2.75) is 31.6 Å². The molecule has 0 saturated carbocycles. The van der Waals surface area contributed by atoms with E-state index in [0.29, 0.717) is 31.1 Å². The molecule has 1 atom stereocenters. The molecule has 6 heteroatoms. The lowest BCUT2D eigenvalue weighted by molar-refractivity contribution is -0.127. The van der Waals surface area contributed by atoms with Crippen LogP contribution in [0, 0.1) is 0 Å². The van der Waals surface area contributed by atoms with Crippen LogP contribution >= 0.6 is 11.3 Å². The van der Waals surface area contributed by atoms with Gasteiger partial charge in [0.05, 0.1) is 6.42 Å². The molecule has 5 nitrogen and oxygen atoms in total. The first-order valence-corrected chi connectivity index (χ1v) is 9.82. The quantitative estimate of drug-likeness (QED) is 0.639. The largest absolute Gasteiger partial charge is 0.342 e. The van der Waals surface area contributed by atoms with Crippen LogP contribution in [0.5, 0.6) is 0 Å². The molecule has 1 amide bonds. The van der Waals surface area contributed by atoms with E-state index in [0.717, 1.165) is 19.4 Å². The molecule has 0 radical (unpaired) electrons. The number of carbonyl (C=O) groups is 1. The molecule has 2 aromatic heterocycles. The first-order chi connectivity index (χ1) is 12.8. The van der Waals surface area contributed by atoms with Crippen LogP contribution in [0.4, 0.5) is 0 Å². The summed E-state index contributed by atoms with van der Waals surface area (Å²) < 4.78 is 5.38. The topological polar surface area (TPSA) is 59.2 Å². The van der Waals surface area contributed by atoms with Crippen molar-refractivity contribution in [2.24, 2.45) is 0 Å². The zero-order valence-corrected chi connectivity index (χ0v) is 15.3. The maximum atomic E-state index is 12.3. The van der Waals surface area contributed by atoms with Gasteiger partial charge in [0.25, 0.3) is 0 Å². The molecule has 1 fully saturated rings. The van der Waals surface area contributed by atoms with Crippen LogP contribution in [0.15, 0.2) is 52.4 Å². The SMILES string of the molecule is O=C1CC(c2noc(Cc3cccs3)n2)CN1CCCc1ccccc1. The van der Waals surface area contributed by atoms with E-state index in [1.807, 2.05) is 22.4 Å². The molecule has 0 spiro atoms. The van der Waals surface area contributed by atoms with Crippen molar-refractivity contribution in [1.29, 1.82) is 0 Å². The van der Waals surface area contributed by atoms with Crippen molar-refractivity contribution < 1.29 is 9.32 Å². The number of benzene rings is 1. The fourth-order valence-corrected chi connectivity index (χ4v) is 4.04. The van der Waals surface area contributed by atoms with Gasteiger partial charge in [-0.3, -0.25) is 4.79 Å². The van der Waals surface area contributed by atoms with Crippen molar-refractivity contribution >= 4 is 17.2 Å². The summed E-state index contributed by atoms with van der Waals surface area (Å²) in [6.45, 7) is 1.47. The Balaban J connectivity index is 1.30. The number of likely N-dealkylation sites (tertiary alicyclic amines) is 1. The Morgan fingerprint density at radius 3 is 2.88 bits per heavy atom. The fourth-order valence-electron chi connectivity index (χ4n) is 3.35. The van der Waals surface area contributed by atoms with Crippen LogP contribution < -0.4 is 0 Å². The summed E-state index contributed by atoms with van der Waals surface area (Å²) in [6.07, 6.45) is 3.09. The Kier molecular flexibility index (Phi) is 5.11. The Morgan fingerprint density at radius 2 is 2.08 bits per heavy atom. The first kappa shape index (κ1) is 17.0. The van der Waals surface area contributed by atoms with Gasteiger partial charge in [0.2, 0.25) is 11.8 Å². The molecular weight excluding hydrogens is 346 g/mol. The zero-order valence-electron chi connectivity index (χ0n) is 14.5. The zero-order chi connectivity index (χ0) is 17.8. The monoisotopic (exact) mass is 367 g/mol. The van der Waals surface area contributed by atoms with E-state index in [1.165, 1.54) is 10.4 Å². The summed E-state index contributed by atoms with van der Waals surface area (Å²) in [6, 6.07) is 14.5. The molecule has 0 aliphatic carbocycles. The summed E-state index contributed by atoms with van der Waals surface area (Å²) in [5, 5.41) is 6.15. The molecule has 1 aliphatic rings.